The number of carbonyl (C=O) groups is 1. The molecule has 0 radical (unpaired) electrons. The second kappa shape index (κ2) is 2.81. The molecule has 2 heterocycles. The monoisotopic (exact) mass is 177 g/mol. The number of nitrogens with zero attached hydrogens (tertiary/aromatic N) is 4. The third-order valence-electron chi connectivity index (χ3n) is 1.55. The van der Waals surface area contributed by atoms with Gasteiger partial charge in [-0.3, -0.25) is 9.48 Å². The number of carbonyl (C=O) groups excluding carboxylic acids is 1. The van der Waals surface area contributed by atoms with E-state index in [-0.39, 0.29) is 17.3 Å². The van der Waals surface area contributed by atoms with Crippen molar-refractivity contribution in [1.82, 2.24) is 25.0 Å². The van der Waals surface area contributed by atoms with Crippen LogP contribution in [0.4, 0.5) is 0 Å². The van der Waals surface area contributed by atoms with E-state index in [0.717, 1.165) is 0 Å². The molecule has 6 nitrogen and oxygen atoms in total. The van der Waals surface area contributed by atoms with Crippen LogP contribution in [0.2, 0.25) is 0 Å². The smallest absolute Gasteiger partial charge is 0.250 e. The summed E-state index contributed by atoms with van der Waals surface area (Å²) < 4.78 is 1.47. The first kappa shape index (κ1) is 7.66. The summed E-state index contributed by atoms with van der Waals surface area (Å²) in [5, 5.41) is 7.33. The maximum absolute atomic E-state index is 11.5. The second-order valence-electron chi connectivity index (χ2n) is 2.54. The van der Waals surface area contributed by atoms with Crippen molar-refractivity contribution in [3.63, 3.8) is 0 Å². The van der Waals surface area contributed by atoms with Crippen molar-refractivity contribution in [1.29, 1.82) is 0 Å². The van der Waals surface area contributed by atoms with Crippen LogP contribution in [0.5, 0.6) is 0 Å². The zero-order chi connectivity index (χ0) is 9.26. The Bertz CT molecular complexity index is 416. The van der Waals surface area contributed by atoms with Crippen molar-refractivity contribution in [2.24, 2.45) is 7.05 Å². The number of hydrogen-bond acceptors (Lipinski definition) is 4. The lowest BCUT2D eigenvalue weighted by Gasteiger charge is -1.88. The van der Waals surface area contributed by atoms with E-state index < -0.39 is 0 Å². The molecule has 0 aliphatic heterocycles. The zero-order valence-corrected chi connectivity index (χ0v) is 6.93. The summed E-state index contributed by atoms with van der Waals surface area (Å²) in [4.78, 5) is 18.0. The third-order valence-corrected chi connectivity index (χ3v) is 1.55. The Morgan fingerprint density at radius 3 is 3.00 bits per heavy atom. The van der Waals surface area contributed by atoms with E-state index >= 15 is 0 Å². The second-order valence-corrected chi connectivity index (χ2v) is 2.54. The van der Waals surface area contributed by atoms with Crippen molar-refractivity contribution in [3.05, 3.63) is 30.1 Å². The number of aryl methyl sites for hydroxylation is 1. The van der Waals surface area contributed by atoms with Gasteiger partial charge in [0.05, 0.1) is 6.20 Å². The molecule has 0 bridgehead atoms. The number of rotatable bonds is 2. The highest BCUT2D eigenvalue weighted by Gasteiger charge is 2.14. The van der Waals surface area contributed by atoms with Gasteiger partial charge in [0.15, 0.2) is 11.5 Å². The standard InChI is InChI=1S/C7H7N5O/c1-12-4-5(10-11-12)6(13)7-8-2-3-9-7/h2-4H,1H3,(H,8,9). The summed E-state index contributed by atoms with van der Waals surface area (Å²) in [6, 6.07) is 0. The van der Waals surface area contributed by atoms with Crippen molar-refractivity contribution >= 4 is 5.78 Å². The molecule has 0 spiro atoms. The average Bonchev–Trinajstić information content (AvgIpc) is 2.72. The fourth-order valence-electron chi connectivity index (χ4n) is 0.962. The Morgan fingerprint density at radius 2 is 2.46 bits per heavy atom. The van der Waals surface area contributed by atoms with Gasteiger partial charge in [0.1, 0.15) is 0 Å². The molecule has 0 amide bonds. The highest BCUT2D eigenvalue weighted by atomic mass is 16.1. The predicted octanol–water partition coefficient (Wildman–Crippen LogP) is -0.231. The molecule has 2 rings (SSSR count). The van der Waals surface area contributed by atoms with Crippen LogP contribution in [0, 0.1) is 0 Å². The molecule has 0 fully saturated rings. The van der Waals surface area contributed by atoms with Gasteiger partial charge in [-0.15, -0.1) is 5.10 Å². The quantitative estimate of drug-likeness (QED) is 0.643. The summed E-state index contributed by atoms with van der Waals surface area (Å²) in [6.45, 7) is 0. The van der Waals surface area contributed by atoms with Gasteiger partial charge in [-0.2, -0.15) is 0 Å². The van der Waals surface area contributed by atoms with Crippen molar-refractivity contribution in [3.8, 4) is 0 Å². The fraction of sp³-hybridized carbons (Fsp3) is 0.143. The molecule has 66 valence electrons. The number of aromatic amines is 1. The number of ketones is 1. The molecule has 2 aromatic rings. The summed E-state index contributed by atoms with van der Waals surface area (Å²) in [7, 11) is 1.70. The number of nitrogens with one attached hydrogen (secondary N) is 1. The third kappa shape index (κ3) is 1.33. The molecule has 0 atom stereocenters. The molecule has 2 aromatic heterocycles. The predicted molar refractivity (Wildman–Crippen MR) is 43.0 cm³/mol. The minimum atomic E-state index is -0.252. The molecule has 0 unspecified atom stereocenters. The Kier molecular flexibility index (Phi) is 1.66. The van der Waals surface area contributed by atoms with Crippen molar-refractivity contribution in [2.45, 2.75) is 0 Å². The highest BCUT2D eigenvalue weighted by Crippen LogP contribution is 2.00. The van der Waals surface area contributed by atoms with Crippen LogP contribution >= 0.6 is 0 Å². The molecule has 0 aliphatic rings. The van der Waals surface area contributed by atoms with Crippen molar-refractivity contribution in [2.75, 3.05) is 0 Å². The van der Waals surface area contributed by atoms with E-state index in [1.165, 1.54) is 10.9 Å². The number of H-pyrrole nitrogens is 1. The number of hydrogen-bond donors (Lipinski definition) is 1. The molecule has 0 saturated heterocycles. The highest BCUT2D eigenvalue weighted by molar-refractivity contribution is 6.04. The lowest BCUT2D eigenvalue weighted by Crippen LogP contribution is -2.03. The van der Waals surface area contributed by atoms with Crippen LogP contribution in [0.1, 0.15) is 16.3 Å². The Balaban J connectivity index is 2.33. The summed E-state index contributed by atoms with van der Waals surface area (Å²) >= 11 is 0. The summed E-state index contributed by atoms with van der Waals surface area (Å²) in [6.07, 6.45) is 4.65. The molecular formula is C7H7N5O. The van der Waals surface area contributed by atoms with Gasteiger partial charge in [-0.05, 0) is 0 Å². The van der Waals surface area contributed by atoms with Crippen molar-refractivity contribution < 1.29 is 4.79 Å². The van der Waals surface area contributed by atoms with E-state index in [1.54, 1.807) is 19.4 Å². The average molecular weight is 177 g/mol. The first-order chi connectivity index (χ1) is 6.27. The summed E-state index contributed by atoms with van der Waals surface area (Å²) in [5.74, 6) is 0.0265. The van der Waals surface area contributed by atoms with Crippen LogP contribution in [0.3, 0.4) is 0 Å². The van der Waals surface area contributed by atoms with E-state index in [9.17, 15) is 4.79 Å². The molecule has 13 heavy (non-hydrogen) atoms. The zero-order valence-electron chi connectivity index (χ0n) is 6.93. The molecule has 0 aromatic carbocycles. The van der Waals surface area contributed by atoms with Crippen LogP contribution in [0.25, 0.3) is 0 Å². The minimum absolute atomic E-state index is 0.252. The lowest BCUT2D eigenvalue weighted by molar-refractivity contribution is 0.102. The van der Waals surface area contributed by atoms with E-state index in [1.807, 2.05) is 0 Å². The number of imidazole rings is 1. The summed E-state index contributed by atoms with van der Waals surface area (Å²) in [5.41, 5.74) is 0.289. The van der Waals surface area contributed by atoms with E-state index in [4.69, 9.17) is 0 Å². The van der Waals surface area contributed by atoms with Gasteiger partial charge < -0.3 is 4.98 Å². The van der Waals surface area contributed by atoms with Crippen LogP contribution in [0.15, 0.2) is 18.6 Å². The van der Waals surface area contributed by atoms with E-state index in [2.05, 4.69) is 20.3 Å². The molecule has 6 heteroatoms. The first-order valence-corrected chi connectivity index (χ1v) is 3.68. The minimum Gasteiger partial charge on any atom is -0.342 e. The largest absolute Gasteiger partial charge is 0.342 e. The Hall–Kier alpha value is -1.98. The fourth-order valence-corrected chi connectivity index (χ4v) is 0.962. The lowest BCUT2D eigenvalue weighted by atomic mass is 10.3. The van der Waals surface area contributed by atoms with E-state index in [0.29, 0.717) is 0 Å². The maximum Gasteiger partial charge on any atom is 0.250 e. The number of aromatic nitrogens is 5. The first-order valence-electron chi connectivity index (χ1n) is 3.68. The van der Waals surface area contributed by atoms with Gasteiger partial charge >= 0.3 is 0 Å². The normalized spacial score (nSPS) is 10.2. The van der Waals surface area contributed by atoms with Gasteiger partial charge in [0.2, 0.25) is 5.78 Å². The molecule has 0 saturated carbocycles. The SMILES string of the molecule is Cn1cc(C(=O)c2ncc[nH]2)nn1. The Labute approximate surface area is 73.6 Å². The van der Waals surface area contributed by atoms with Gasteiger partial charge in [-0.25, -0.2) is 4.98 Å². The van der Waals surface area contributed by atoms with Gasteiger partial charge in [-0.1, -0.05) is 5.21 Å². The molecule has 1 N–H and O–H groups in total. The van der Waals surface area contributed by atoms with Crippen LogP contribution in [-0.4, -0.2) is 30.7 Å². The van der Waals surface area contributed by atoms with Gasteiger partial charge in [0, 0.05) is 19.4 Å². The topological polar surface area (TPSA) is 76.5 Å². The molecule has 0 aliphatic carbocycles. The Morgan fingerprint density at radius 1 is 1.62 bits per heavy atom. The van der Waals surface area contributed by atoms with Gasteiger partial charge in [0.25, 0.3) is 0 Å². The maximum atomic E-state index is 11.5. The molecular weight excluding hydrogens is 170 g/mol. The van der Waals surface area contributed by atoms with Crippen LogP contribution in [-0.2, 0) is 7.05 Å². The van der Waals surface area contributed by atoms with Crippen LogP contribution < -0.4 is 0 Å².